The third kappa shape index (κ3) is 3.51. The minimum Gasteiger partial charge on any atom is -0.444 e. The first-order valence-electron chi connectivity index (χ1n) is 7.80. The molecule has 0 aliphatic carbocycles. The molecule has 24 heavy (non-hydrogen) atoms. The van der Waals surface area contributed by atoms with Crippen LogP contribution in [-0.2, 0) is 4.74 Å². The number of pyridine rings is 1. The average molecular weight is 350 g/mol. The van der Waals surface area contributed by atoms with Crippen LogP contribution in [0.2, 0.25) is 5.15 Å². The Hall–Kier alpha value is -2.15. The fraction of sp³-hybridized carbons (Fsp3) is 0.500. The molecule has 2 N–H and O–H groups in total. The van der Waals surface area contributed by atoms with Crippen molar-refractivity contribution in [3.63, 3.8) is 0 Å². The number of hydrogen-bond acceptors (Lipinski definition) is 6. The third-order valence-electron chi connectivity index (χ3n) is 3.78. The summed E-state index contributed by atoms with van der Waals surface area (Å²) in [6.07, 6.45) is 0.446. The van der Waals surface area contributed by atoms with E-state index in [1.165, 1.54) is 0 Å². The van der Waals surface area contributed by atoms with Crippen molar-refractivity contribution >= 4 is 34.7 Å². The van der Waals surface area contributed by atoms with Crippen molar-refractivity contribution in [3.05, 3.63) is 23.0 Å². The molecule has 2 aromatic rings. The highest BCUT2D eigenvalue weighted by Gasteiger charge is 2.32. The van der Waals surface area contributed by atoms with Crippen molar-refractivity contribution in [3.8, 4) is 0 Å². The Morgan fingerprint density at radius 3 is 2.79 bits per heavy atom. The van der Waals surface area contributed by atoms with E-state index in [2.05, 4.69) is 15.0 Å². The van der Waals surface area contributed by atoms with Gasteiger partial charge in [0.1, 0.15) is 16.3 Å². The van der Waals surface area contributed by atoms with E-state index < -0.39 is 5.60 Å². The van der Waals surface area contributed by atoms with Crippen molar-refractivity contribution in [1.29, 1.82) is 0 Å². The number of hydrogen-bond donors (Lipinski definition) is 1. The van der Waals surface area contributed by atoms with Crippen LogP contribution >= 0.6 is 11.6 Å². The van der Waals surface area contributed by atoms with Gasteiger partial charge < -0.3 is 15.4 Å². The Morgan fingerprint density at radius 1 is 1.33 bits per heavy atom. The van der Waals surface area contributed by atoms with E-state index in [1.54, 1.807) is 17.0 Å². The second kappa shape index (κ2) is 6.05. The van der Waals surface area contributed by atoms with Gasteiger partial charge in [-0.25, -0.2) is 19.7 Å². The van der Waals surface area contributed by atoms with E-state index in [0.717, 1.165) is 12.1 Å². The topological polar surface area (TPSA) is 94.2 Å². The molecule has 1 amide bonds. The smallest absolute Gasteiger partial charge is 0.410 e. The predicted molar refractivity (Wildman–Crippen MR) is 91.9 cm³/mol. The maximum Gasteiger partial charge on any atom is 0.410 e. The van der Waals surface area contributed by atoms with Gasteiger partial charge in [0.15, 0.2) is 0 Å². The fourth-order valence-electron chi connectivity index (χ4n) is 2.79. The molecule has 1 atom stereocenters. The molecule has 128 valence electrons. The highest BCUT2D eigenvalue weighted by molar-refractivity contribution is 6.29. The highest BCUT2D eigenvalue weighted by Crippen LogP contribution is 2.31. The number of fused-ring (bicyclic) bond motifs is 1. The zero-order chi connectivity index (χ0) is 17.5. The molecule has 2 aromatic heterocycles. The molecule has 0 spiro atoms. The normalized spacial score (nSPS) is 18.2. The molecule has 8 heteroatoms. The number of rotatable bonds is 1. The van der Waals surface area contributed by atoms with Gasteiger partial charge in [-0.3, -0.25) is 0 Å². The van der Waals surface area contributed by atoms with E-state index in [0.29, 0.717) is 29.3 Å². The van der Waals surface area contributed by atoms with E-state index in [1.807, 2.05) is 20.8 Å². The van der Waals surface area contributed by atoms with Gasteiger partial charge >= 0.3 is 6.09 Å². The first-order valence-corrected chi connectivity index (χ1v) is 8.18. The zero-order valence-corrected chi connectivity index (χ0v) is 14.7. The Morgan fingerprint density at radius 2 is 2.08 bits per heavy atom. The van der Waals surface area contributed by atoms with Gasteiger partial charge in [0.2, 0.25) is 5.95 Å². The SMILES string of the molecule is CC(C)(C)OC(=O)N1CC[C@H](c2nc(N)nc3ccc(Cl)nc23)C1. The molecule has 1 aliphatic heterocycles. The number of amides is 1. The Bertz CT molecular complexity index is 790. The van der Waals surface area contributed by atoms with Crippen LogP contribution in [-0.4, -0.2) is 44.6 Å². The van der Waals surface area contributed by atoms with Gasteiger partial charge in [-0.2, -0.15) is 0 Å². The molecule has 3 heterocycles. The lowest BCUT2D eigenvalue weighted by atomic mass is 10.0. The van der Waals surface area contributed by atoms with Crippen LogP contribution in [0.3, 0.4) is 0 Å². The predicted octanol–water partition coefficient (Wildman–Crippen LogP) is 2.98. The highest BCUT2D eigenvalue weighted by atomic mass is 35.5. The second-order valence-electron chi connectivity index (χ2n) is 6.88. The summed E-state index contributed by atoms with van der Waals surface area (Å²) in [5.41, 5.74) is 7.31. The van der Waals surface area contributed by atoms with Crippen LogP contribution in [0, 0.1) is 0 Å². The summed E-state index contributed by atoms with van der Waals surface area (Å²) in [6.45, 7) is 6.66. The fourth-order valence-corrected chi connectivity index (χ4v) is 2.94. The standard InChI is InChI=1S/C16H20ClN5O2/c1-16(2,3)24-15(23)22-7-6-9(8-22)12-13-10(19-14(18)21-12)4-5-11(17)20-13/h4-5,9H,6-8H2,1-3H3,(H2,18,19,21)/t9-/m0/s1. The van der Waals surface area contributed by atoms with E-state index in [-0.39, 0.29) is 18.0 Å². The van der Waals surface area contributed by atoms with Gasteiger partial charge in [-0.05, 0) is 39.3 Å². The van der Waals surface area contributed by atoms with E-state index in [9.17, 15) is 4.79 Å². The van der Waals surface area contributed by atoms with Gasteiger partial charge in [0.05, 0.1) is 11.2 Å². The van der Waals surface area contributed by atoms with Crippen molar-refractivity contribution in [2.24, 2.45) is 0 Å². The second-order valence-corrected chi connectivity index (χ2v) is 7.27. The molecule has 1 saturated heterocycles. The maximum atomic E-state index is 12.2. The van der Waals surface area contributed by atoms with Crippen LogP contribution < -0.4 is 5.73 Å². The minimum atomic E-state index is -0.518. The summed E-state index contributed by atoms with van der Waals surface area (Å²) in [7, 11) is 0. The number of halogens is 1. The summed E-state index contributed by atoms with van der Waals surface area (Å²) in [5, 5.41) is 0.374. The molecular formula is C16H20ClN5O2. The zero-order valence-electron chi connectivity index (χ0n) is 13.9. The number of anilines is 1. The number of nitrogens with two attached hydrogens (primary N) is 1. The molecule has 1 aliphatic rings. The lowest BCUT2D eigenvalue weighted by Crippen LogP contribution is -2.35. The van der Waals surface area contributed by atoms with Crippen molar-refractivity contribution in [2.45, 2.75) is 38.7 Å². The Balaban J connectivity index is 1.87. The summed E-state index contributed by atoms with van der Waals surface area (Å²) in [5.74, 6) is 0.216. The molecule has 0 aromatic carbocycles. The summed E-state index contributed by atoms with van der Waals surface area (Å²) < 4.78 is 5.43. The van der Waals surface area contributed by atoms with Crippen LogP contribution in [0.4, 0.5) is 10.7 Å². The molecule has 0 bridgehead atoms. The monoisotopic (exact) mass is 349 g/mol. The summed E-state index contributed by atoms with van der Waals surface area (Å²) in [6, 6.07) is 3.44. The number of aromatic nitrogens is 3. The molecule has 0 unspecified atom stereocenters. The van der Waals surface area contributed by atoms with Crippen LogP contribution in [0.15, 0.2) is 12.1 Å². The summed E-state index contributed by atoms with van der Waals surface area (Å²) >= 11 is 6.01. The van der Waals surface area contributed by atoms with Crippen molar-refractivity contribution in [2.75, 3.05) is 18.8 Å². The number of ether oxygens (including phenoxy) is 1. The number of nitrogens with zero attached hydrogens (tertiary/aromatic N) is 4. The number of carbonyl (C=O) groups is 1. The molecular weight excluding hydrogens is 330 g/mol. The van der Waals surface area contributed by atoms with Crippen LogP contribution in [0.5, 0.6) is 0 Å². The maximum absolute atomic E-state index is 12.2. The average Bonchev–Trinajstić information content (AvgIpc) is 2.95. The van der Waals surface area contributed by atoms with E-state index in [4.69, 9.17) is 22.1 Å². The van der Waals surface area contributed by atoms with Gasteiger partial charge in [0, 0.05) is 19.0 Å². The molecule has 7 nitrogen and oxygen atoms in total. The third-order valence-corrected chi connectivity index (χ3v) is 3.99. The molecule has 0 saturated carbocycles. The lowest BCUT2D eigenvalue weighted by Gasteiger charge is -2.24. The largest absolute Gasteiger partial charge is 0.444 e. The van der Waals surface area contributed by atoms with Gasteiger partial charge in [-0.15, -0.1) is 0 Å². The molecule has 0 radical (unpaired) electrons. The number of likely N-dealkylation sites (tertiary alicyclic amines) is 1. The van der Waals surface area contributed by atoms with Crippen molar-refractivity contribution < 1.29 is 9.53 Å². The van der Waals surface area contributed by atoms with Crippen molar-refractivity contribution in [1.82, 2.24) is 19.9 Å². The lowest BCUT2D eigenvalue weighted by molar-refractivity contribution is 0.0292. The quantitative estimate of drug-likeness (QED) is 0.795. The number of nitrogen functional groups attached to an aromatic ring is 1. The van der Waals surface area contributed by atoms with Crippen LogP contribution in [0.25, 0.3) is 11.0 Å². The first kappa shape index (κ1) is 16.7. The summed E-state index contributed by atoms with van der Waals surface area (Å²) in [4.78, 5) is 26.8. The minimum absolute atomic E-state index is 0.0243. The molecule has 1 fully saturated rings. The van der Waals surface area contributed by atoms with Crippen LogP contribution in [0.1, 0.15) is 38.8 Å². The van der Waals surface area contributed by atoms with Gasteiger partial charge in [-0.1, -0.05) is 11.6 Å². The molecule has 3 rings (SSSR count). The van der Waals surface area contributed by atoms with Gasteiger partial charge in [0.25, 0.3) is 0 Å². The Labute approximate surface area is 145 Å². The Kier molecular flexibility index (Phi) is 4.21. The number of carbonyl (C=O) groups excluding carboxylic acids is 1. The first-order chi connectivity index (χ1) is 11.2. The van der Waals surface area contributed by atoms with E-state index >= 15 is 0 Å².